The summed E-state index contributed by atoms with van der Waals surface area (Å²) in [6.07, 6.45) is 0. The van der Waals surface area contributed by atoms with E-state index in [0.717, 1.165) is 0 Å². The van der Waals surface area contributed by atoms with Gasteiger partial charge in [-0.1, -0.05) is 5.16 Å². The number of hydrogen-bond acceptors (Lipinski definition) is 3. The van der Waals surface area contributed by atoms with Gasteiger partial charge < -0.3 is 10.3 Å². The van der Waals surface area contributed by atoms with Crippen molar-refractivity contribution in [2.45, 2.75) is 6.92 Å². The highest BCUT2D eigenvalue weighted by molar-refractivity contribution is 5.66. The maximum Gasteiger partial charge on any atom is 0.177 e. The van der Waals surface area contributed by atoms with Crippen LogP contribution in [0, 0.1) is 24.4 Å². The van der Waals surface area contributed by atoms with E-state index in [1.54, 1.807) is 0 Å². The molecule has 16 heavy (non-hydrogen) atoms. The molecular weight excluding hydrogens is 221 g/mol. The summed E-state index contributed by atoms with van der Waals surface area (Å²) >= 11 is 0. The van der Waals surface area contributed by atoms with Crippen molar-refractivity contribution in [2.24, 2.45) is 0 Å². The molecule has 1 heterocycles. The fourth-order valence-corrected chi connectivity index (χ4v) is 1.34. The highest BCUT2D eigenvalue weighted by Gasteiger charge is 2.20. The van der Waals surface area contributed by atoms with Crippen LogP contribution in [0.25, 0.3) is 11.3 Å². The van der Waals surface area contributed by atoms with E-state index in [1.807, 2.05) is 0 Å². The summed E-state index contributed by atoms with van der Waals surface area (Å²) in [7, 11) is 0. The van der Waals surface area contributed by atoms with Crippen LogP contribution in [0.1, 0.15) is 5.56 Å². The summed E-state index contributed by atoms with van der Waals surface area (Å²) < 4.78 is 44.1. The smallest absolute Gasteiger partial charge is 0.177 e. The van der Waals surface area contributed by atoms with Crippen LogP contribution in [0.15, 0.2) is 16.7 Å². The molecule has 6 heteroatoms. The Balaban J connectivity index is 2.69. The minimum Gasteiger partial charge on any atom is -0.381 e. The fourth-order valence-electron chi connectivity index (χ4n) is 1.34. The molecule has 0 saturated carbocycles. The molecule has 0 saturated heterocycles. The fraction of sp³-hybridized carbons (Fsp3) is 0.100. The second-order valence-corrected chi connectivity index (χ2v) is 3.27. The lowest BCUT2D eigenvalue weighted by molar-refractivity contribution is 0.428. The van der Waals surface area contributed by atoms with Crippen molar-refractivity contribution in [1.82, 2.24) is 5.16 Å². The van der Waals surface area contributed by atoms with E-state index in [2.05, 4.69) is 5.16 Å². The Morgan fingerprint density at radius 2 is 1.75 bits per heavy atom. The molecule has 0 fully saturated rings. The number of anilines is 1. The molecule has 2 rings (SSSR count). The quantitative estimate of drug-likeness (QED) is 0.816. The average Bonchev–Trinajstić information content (AvgIpc) is 2.48. The second kappa shape index (κ2) is 3.55. The molecule has 0 amide bonds. The van der Waals surface area contributed by atoms with Crippen LogP contribution in [0.2, 0.25) is 0 Å². The molecule has 3 nitrogen and oxygen atoms in total. The maximum absolute atomic E-state index is 13.4. The largest absolute Gasteiger partial charge is 0.381 e. The summed E-state index contributed by atoms with van der Waals surface area (Å²) in [6, 6.07) is 1.13. The lowest BCUT2D eigenvalue weighted by Crippen LogP contribution is -1.93. The van der Waals surface area contributed by atoms with Crippen molar-refractivity contribution in [2.75, 3.05) is 5.73 Å². The standard InChI is InChI=1S/C10H7F3N2O/c1-4-9(16-15-10(4)14)8-6(12)2-5(11)3-7(8)13/h2-3H,1H3,(H2,14,15). The third kappa shape index (κ3) is 1.52. The molecule has 0 aliphatic carbocycles. The summed E-state index contributed by atoms with van der Waals surface area (Å²) in [5, 5.41) is 3.37. The van der Waals surface area contributed by atoms with Crippen molar-refractivity contribution in [3.63, 3.8) is 0 Å². The molecule has 84 valence electrons. The van der Waals surface area contributed by atoms with Gasteiger partial charge in [0.2, 0.25) is 0 Å². The van der Waals surface area contributed by atoms with Crippen LogP contribution in [0.4, 0.5) is 19.0 Å². The van der Waals surface area contributed by atoms with Crippen molar-refractivity contribution >= 4 is 5.82 Å². The van der Waals surface area contributed by atoms with E-state index in [1.165, 1.54) is 6.92 Å². The third-order valence-corrected chi connectivity index (χ3v) is 2.19. The number of halogens is 3. The van der Waals surface area contributed by atoms with Crippen molar-refractivity contribution in [3.05, 3.63) is 35.1 Å². The average molecular weight is 228 g/mol. The molecule has 2 N–H and O–H groups in total. The summed E-state index contributed by atoms with van der Waals surface area (Å²) in [5.74, 6) is -3.21. The lowest BCUT2D eigenvalue weighted by atomic mass is 10.1. The van der Waals surface area contributed by atoms with Gasteiger partial charge in [0, 0.05) is 17.7 Å². The Bertz CT molecular complexity index is 528. The van der Waals surface area contributed by atoms with Gasteiger partial charge in [-0.15, -0.1) is 0 Å². The predicted octanol–water partition coefficient (Wildman–Crippen LogP) is 2.65. The molecule has 1 aromatic heterocycles. The first kappa shape index (κ1) is 10.5. The zero-order valence-corrected chi connectivity index (χ0v) is 8.22. The zero-order valence-electron chi connectivity index (χ0n) is 8.22. The van der Waals surface area contributed by atoms with E-state index in [4.69, 9.17) is 10.3 Å². The minimum atomic E-state index is -1.06. The molecule has 0 radical (unpaired) electrons. The first-order valence-corrected chi connectivity index (χ1v) is 4.37. The number of aromatic nitrogens is 1. The number of nitrogens with zero attached hydrogens (tertiary/aromatic N) is 1. The van der Waals surface area contributed by atoms with Gasteiger partial charge in [0.1, 0.15) is 17.5 Å². The molecule has 0 aliphatic heterocycles. The summed E-state index contributed by atoms with van der Waals surface area (Å²) in [4.78, 5) is 0. The normalized spacial score (nSPS) is 10.8. The van der Waals surface area contributed by atoms with Gasteiger partial charge in [-0.25, -0.2) is 13.2 Å². The van der Waals surface area contributed by atoms with Crippen molar-refractivity contribution in [3.8, 4) is 11.3 Å². The Kier molecular flexibility index (Phi) is 2.34. The number of hydrogen-bond donors (Lipinski definition) is 1. The Hall–Kier alpha value is -1.98. The Morgan fingerprint density at radius 3 is 2.19 bits per heavy atom. The van der Waals surface area contributed by atoms with Gasteiger partial charge in [0.05, 0.1) is 5.56 Å². The van der Waals surface area contributed by atoms with Crippen LogP contribution in [-0.2, 0) is 0 Å². The molecule has 0 aliphatic rings. The first-order valence-electron chi connectivity index (χ1n) is 4.37. The Labute approximate surface area is 88.7 Å². The Morgan fingerprint density at radius 1 is 1.19 bits per heavy atom. The SMILES string of the molecule is Cc1c(N)noc1-c1c(F)cc(F)cc1F. The highest BCUT2D eigenvalue weighted by atomic mass is 19.1. The zero-order chi connectivity index (χ0) is 11.9. The van der Waals surface area contributed by atoms with Crippen LogP contribution in [0.3, 0.4) is 0 Å². The molecule has 1 aromatic carbocycles. The van der Waals surface area contributed by atoms with Crippen LogP contribution < -0.4 is 5.73 Å². The van der Waals surface area contributed by atoms with E-state index in [9.17, 15) is 13.2 Å². The maximum atomic E-state index is 13.4. The van der Waals surface area contributed by atoms with Crippen molar-refractivity contribution in [1.29, 1.82) is 0 Å². The summed E-state index contributed by atoms with van der Waals surface area (Å²) in [5.41, 5.74) is 5.22. The van der Waals surface area contributed by atoms with Crippen LogP contribution in [-0.4, -0.2) is 5.16 Å². The van der Waals surface area contributed by atoms with E-state index >= 15 is 0 Å². The minimum absolute atomic E-state index is 0.0399. The van der Waals surface area contributed by atoms with Crippen LogP contribution in [0.5, 0.6) is 0 Å². The van der Waals surface area contributed by atoms with Crippen molar-refractivity contribution < 1.29 is 17.7 Å². The topological polar surface area (TPSA) is 52.0 Å². The second-order valence-electron chi connectivity index (χ2n) is 3.27. The van der Waals surface area contributed by atoms with Gasteiger partial charge in [-0.05, 0) is 6.92 Å². The molecule has 0 atom stereocenters. The van der Waals surface area contributed by atoms with E-state index in [-0.39, 0.29) is 11.6 Å². The van der Waals surface area contributed by atoms with Gasteiger partial charge in [-0.3, -0.25) is 0 Å². The predicted molar refractivity (Wildman–Crippen MR) is 51.0 cm³/mol. The number of nitrogen functional groups attached to an aromatic ring is 1. The number of benzene rings is 1. The van der Waals surface area contributed by atoms with Gasteiger partial charge in [0.25, 0.3) is 0 Å². The third-order valence-electron chi connectivity index (χ3n) is 2.19. The monoisotopic (exact) mass is 228 g/mol. The first-order chi connectivity index (χ1) is 7.50. The lowest BCUT2D eigenvalue weighted by Gasteiger charge is -2.02. The molecular formula is C10H7F3N2O. The molecule has 0 spiro atoms. The molecule has 0 bridgehead atoms. The number of rotatable bonds is 1. The van der Waals surface area contributed by atoms with Gasteiger partial charge in [0.15, 0.2) is 11.6 Å². The van der Waals surface area contributed by atoms with E-state index in [0.29, 0.717) is 17.7 Å². The highest BCUT2D eigenvalue weighted by Crippen LogP contribution is 2.31. The van der Waals surface area contributed by atoms with Crippen LogP contribution >= 0.6 is 0 Å². The number of nitrogens with two attached hydrogens (primary N) is 1. The molecule has 0 unspecified atom stereocenters. The molecule has 2 aromatic rings. The van der Waals surface area contributed by atoms with Gasteiger partial charge in [-0.2, -0.15) is 0 Å². The van der Waals surface area contributed by atoms with Gasteiger partial charge >= 0.3 is 0 Å². The van der Waals surface area contributed by atoms with E-state index < -0.39 is 23.0 Å². The summed E-state index contributed by atoms with van der Waals surface area (Å²) in [6.45, 7) is 1.50.